The lowest BCUT2D eigenvalue weighted by Gasteiger charge is -2.25. The minimum Gasteiger partial charge on any atom is -0.489 e. The maximum absolute atomic E-state index is 9.31. The number of fused-ring (bicyclic) bond motifs is 1. The molecule has 23 heavy (non-hydrogen) atoms. The number of aliphatic hydroxyl groups excluding tert-OH is 1. The van der Waals surface area contributed by atoms with Crippen molar-refractivity contribution in [3.63, 3.8) is 0 Å². The highest BCUT2D eigenvalue weighted by atomic mass is 35.5. The molecule has 1 aliphatic heterocycles. The summed E-state index contributed by atoms with van der Waals surface area (Å²) >= 11 is 6.05. The van der Waals surface area contributed by atoms with Crippen LogP contribution in [0.25, 0.3) is 6.08 Å². The van der Waals surface area contributed by atoms with E-state index in [1.807, 2.05) is 36.5 Å². The summed E-state index contributed by atoms with van der Waals surface area (Å²) in [4.78, 5) is 6.32. The molecule has 2 heterocycles. The zero-order chi connectivity index (χ0) is 16.1. The monoisotopic (exact) mass is 330 g/mol. The summed E-state index contributed by atoms with van der Waals surface area (Å²) in [5.41, 5.74) is 3.29. The molecular weight excluding hydrogens is 312 g/mol. The summed E-state index contributed by atoms with van der Waals surface area (Å²) in [6, 6.07) is 9.60. The molecule has 1 aromatic carbocycles. The Hall–Kier alpha value is -1.88. The van der Waals surface area contributed by atoms with E-state index >= 15 is 0 Å². The van der Waals surface area contributed by atoms with E-state index in [1.165, 1.54) is 0 Å². The molecule has 0 unspecified atom stereocenters. The van der Waals surface area contributed by atoms with Crippen molar-refractivity contribution in [2.24, 2.45) is 0 Å². The zero-order valence-corrected chi connectivity index (χ0v) is 13.5. The van der Waals surface area contributed by atoms with Gasteiger partial charge in [0.05, 0.1) is 6.61 Å². The van der Waals surface area contributed by atoms with Crippen LogP contribution < -0.4 is 4.74 Å². The van der Waals surface area contributed by atoms with Gasteiger partial charge in [0.1, 0.15) is 12.4 Å². The van der Waals surface area contributed by atoms with Crippen molar-refractivity contribution < 1.29 is 9.84 Å². The van der Waals surface area contributed by atoms with Gasteiger partial charge in [0.2, 0.25) is 0 Å². The third-order valence-corrected chi connectivity index (χ3v) is 3.95. The van der Waals surface area contributed by atoms with Gasteiger partial charge < -0.3 is 9.84 Å². The number of pyridine rings is 1. The molecule has 0 saturated carbocycles. The number of aromatic nitrogens is 1. The van der Waals surface area contributed by atoms with E-state index in [0.717, 1.165) is 35.5 Å². The molecule has 0 fully saturated rings. The highest BCUT2D eigenvalue weighted by Gasteiger charge is 2.15. The summed E-state index contributed by atoms with van der Waals surface area (Å²) in [6.07, 6.45) is 5.74. The van der Waals surface area contributed by atoms with E-state index in [9.17, 15) is 5.11 Å². The van der Waals surface area contributed by atoms with Crippen LogP contribution in [0, 0.1) is 0 Å². The molecule has 1 aromatic heterocycles. The molecular formula is C18H19ClN2O2. The second kappa shape index (κ2) is 7.59. The lowest BCUT2D eigenvalue weighted by Crippen LogP contribution is -2.30. The topological polar surface area (TPSA) is 45.6 Å². The number of nitrogens with zero attached hydrogens (tertiary/aromatic N) is 2. The molecule has 5 heteroatoms. The van der Waals surface area contributed by atoms with Crippen LogP contribution in [0.15, 0.2) is 48.3 Å². The van der Waals surface area contributed by atoms with Gasteiger partial charge in [-0.25, -0.2) is 0 Å². The first-order valence-electron chi connectivity index (χ1n) is 7.58. The lowest BCUT2D eigenvalue weighted by molar-refractivity contribution is 0.195. The number of hydrogen-bond acceptors (Lipinski definition) is 4. The minimum atomic E-state index is 0.122. The van der Waals surface area contributed by atoms with Gasteiger partial charge in [-0.3, -0.25) is 9.88 Å². The van der Waals surface area contributed by atoms with Gasteiger partial charge in [-0.2, -0.15) is 0 Å². The third kappa shape index (κ3) is 4.32. The molecule has 0 saturated heterocycles. The molecule has 2 aromatic rings. The van der Waals surface area contributed by atoms with Crippen molar-refractivity contribution in [1.82, 2.24) is 9.88 Å². The molecule has 0 atom stereocenters. The van der Waals surface area contributed by atoms with Gasteiger partial charge in [-0.15, -0.1) is 0 Å². The first-order valence-corrected chi connectivity index (χ1v) is 7.96. The van der Waals surface area contributed by atoms with Crippen LogP contribution >= 0.6 is 11.6 Å². The Kier molecular flexibility index (Phi) is 5.28. The predicted octanol–water partition coefficient (Wildman–Crippen LogP) is 3.01. The number of benzene rings is 1. The van der Waals surface area contributed by atoms with Crippen molar-refractivity contribution in [3.8, 4) is 5.75 Å². The fourth-order valence-corrected chi connectivity index (χ4v) is 2.86. The fourth-order valence-electron chi connectivity index (χ4n) is 2.68. The van der Waals surface area contributed by atoms with Crippen LogP contribution in [0.5, 0.6) is 5.75 Å². The maximum atomic E-state index is 9.31. The Bertz CT molecular complexity index is 689. The standard InChI is InChI=1S/C18H19ClN2O2/c19-17-3-4-18-16(9-17)8-15(13-23-18)12-21(6-7-22)11-14-2-1-5-20-10-14/h1-5,8-10,22H,6-7,11-13H2. The van der Waals surface area contributed by atoms with Crippen molar-refractivity contribution >= 4 is 17.7 Å². The summed E-state index contributed by atoms with van der Waals surface area (Å²) in [6.45, 7) is 2.77. The third-order valence-electron chi connectivity index (χ3n) is 3.72. The number of ether oxygens (including phenoxy) is 1. The Morgan fingerprint density at radius 1 is 1.26 bits per heavy atom. The van der Waals surface area contributed by atoms with Crippen LogP contribution in [-0.2, 0) is 6.54 Å². The minimum absolute atomic E-state index is 0.122. The number of hydrogen-bond donors (Lipinski definition) is 1. The number of aliphatic hydroxyl groups is 1. The van der Waals surface area contributed by atoms with E-state index in [1.54, 1.807) is 6.20 Å². The molecule has 1 aliphatic rings. The summed E-state index contributed by atoms with van der Waals surface area (Å²) in [5, 5.41) is 10.0. The Balaban J connectivity index is 1.73. The largest absolute Gasteiger partial charge is 0.489 e. The summed E-state index contributed by atoms with van der Waals surface area (Å²) < 4.78 is 5.79. The molecule has 120 valence electrons. The van der Waals surface area contributed by atoms with Crippen LogP contribution in [0.3, 0.4) is 0 Å². The van der Waals surface area contributed by atoms with Crippen molar-refractivity contribution in [3.05, 3.63) is 64.4 Å². The van der Waals surface area contributed by atoms with Gasteiger partial charge in [0.15, 0.2) is 0 Å². The predicted molar refractivity (Wildman–Crippen MR) is 91.5 cm³/mol. The van der Waals surface area contributed by atoms with Crippen molar-refractivity contribution in [2.45, 2.75) is 6.54 Å². The van der Waals surface area contributed by atoms with Crippen LogP contribution in [-0.4, -0.2) is 41.3 Å². The summed E-state index contributed by atoms with van der Waals surface area (Å²) in [7, 11) is 0. The maximum Gasteiger partial charge on any atom is 0.127 e. The van der Waals surface area contributed by atoms with E-state index in [4.69, 9.17) is 16.3 Å². The Labute approximate surface area is 141 Å². The molecule has 0 radical (unpaired) electrons. The van der Waals surface area contributed by atoms with Gasteiger partial charge in [-0.1, -0.05) is 17.7 Å². The van der Waals surface area contributed by atoms with E-state index in [0.29, 0.717) is 18.2 Å². The van der Waals surface area contributed by atoms with E-state index in [-0.39, 0.29) is 6.61 Å². The highest BCUT2D eigenvalue weighted by Crippen LogP contribution is 2.29. The molecule has 0 aliphatic carbocycles. The highest BCUT2D eigenvalue weighted by molar-refractivity contribution is 6.30. The average molecular weight is 331 g/mol. The van der Waals surface area contributed by atoms with Crippen LogP contribution in [0.2, 0.25) is 5.02 Å². The fraction of sp³-hybridized carbons (Fsp3) is 0.278. The van der Waals surface area contributed by atoms with Crippen LogP contribution in [0.1, 0.15) is 11.1 Å². The lowest BCUT2D eigenvalue weighted by atomic mass is 10.1. The van der Waals surface area contributed by atoms with Crippen LogP contribution in [0.4, 0.5) is 0 Å². The van der Waals surface area contributed by atoms with Gasteiger partial charge >= 0.3 is 0 Å². The number of rotatable bonds is 6. The van der Waals surface area contributed by atoms with E-state index in [2.05, 4.69) is 16.0 Å². The molecule has 3 rings (SSSR count). The molecule has 0 bridgehead atoms. The smallest absolute Gasteiger partial charge is 0.127 e. The van der Waals surface area contributed by atoms with E-state index < -0.39 is 0 Å². The first-order chi connectivity index (χ1) is 11.2. The molecule has 4 nitrogen and oxygen atoms in total. The quantitative estimate of drug-likeness (QED) is 0.884. The second-order valence-electron chi connectivity index (χ2n) is 5.57. The van der Waals surface area contributed by atoms with Crippen molar-refractivity contribution in [1.29, 1.82) is 0 Å². The zero-order valence-electron chi connectivity index (χ0n) is 12.8. The van der Waals surface area contributed by atoms with Gasteiger partial charge in [-0.05, 0) is 41.5 Å². The van der Waals surface area contributed by atoms with Crippen molar-refractivity contribution in [2.75, 3.05) is 26.3 Å². The number of halogens is 1. The molecule has 0 amide bonds. The molecule has 0 spiro atoms. The average Bonchev–Trinajstić information content (AvgIpc) is 2.55. The molecule has 1 N–H and O–H groups in total. The summed E-state index contributed by atoms with van der Waals surface area (Å²) in [5.74, 6) is 0.860. The Morgan fingerprint density at radius 3 is 2.96 bits per heavy atom. The first kappa shape index (κ1) is 16.0. The second-order valence-corrected chi connectivity index (χ2v) is 6.01. The van der Waals surface area contributed by atoms with Gasteiger partial charge in [0.25, 0.3) is 0 Å². The SMILES string of the molecule is OCCN(CC1=Cc2cc(Cl)ccc2OC1)Cc1cccnc1. The normalized spacial score (nSPS) is 13.4. The van der Waals surface area contributed by atoms with Gasteiger partial charge in [0, 0.05) is 42.6 Å². The Morgan fingerprint density at radius 2 is 2.17 bits per heavy atom.